The summed E-state index contributed by atoms with van der Waals surface area (Å²) in [5.41, 5.74) is 0. The molecule has 0 aliphatic heterocycles. The van der Waals surface area contributed by atoms with Crippen LogP contribution >= 0.6 is 0 Å². The van der Waals surface area contributed by atoms with E-state index in [1.54, 1.807) is 0 Å². The highest BCUT2D eigenvalue weighted by molar-refractivity contribution is 4.79. The van der Waals surface area contributed by atoms with Crippen LogP contribution in [0.5, 0.6) is 0 Å². The Hall–Kier alpha value is -0.0800. The molecule has 0 amide bonds. The first-order valence-electron chi connectivity index (χ1n) is 7.58. The Kier molecular flexibility index (Phi) is 11.0. The largest absolute Gasteiger partial charge is 0.377 e. The molecule has 104 valence electrons. The fourth-order valence-corrected chi connectivity index (χ4v) is 2.41. The summed E-state index contributed by atoms with van der Waals surface area (Å²) in [5.74, 6) is 0.832. The van der Waals surface area contributed by atoms with Gasteiger partial charge in [-0.05, 0) is 38.6 Å². The van der Waals surface area contributed by atoms with Crippen molar-refractivity contribution >= 4 is 0 Å². The third-order valence-corrected chi connectivity index (χ3v) is 3.63. The van der Waals surface area contributed by atoms with Crippen molar-refractivity contribution in [1.29, 1.82) is 0 Å². The molecule has 2 atom stereocenters. The molecule has 0 saturated carbocycles. The van der Waals surface area contributed by atoms with Crippen LogP contribution in [0, 0.1) is 5.92 Å². The van der Waals surface area contributed by atoms with E-state index < -0.39 is 0 Å². The molecule has 0 fully saturated rings. The van der Waals surface area contributed by atoms with Gasteiger partial charge in [-0.3, -0.25) is 0 Å². The first-order valence-corrected chi connectivity index (χ1v) is 7.58. The maximum absolute atomic E-state index is 5.88. The minimum atomic E-state index is 0.382. The van der Waals surface area contributed by atoms with E-state index in [-0.39, 0.29) is 0 Å². The second kappa shape index (κ2) is 11.0. The average Bonchev–Trinajstić information content (AvgIpc) is 2.37. The topological polar surface area (TPSA) is 21.3 Å². The van der Waals surface area contributed by atoms with Gasteiger partial charge >= 0.3 is 0 Å². The molecule has 0 spiro atoms. The molecule has 0 radical (unpaired) electrons. The van der Waals surface area contributed by atoms with Crippen LogP contribution in [-0.2, 0) is 4.74 Å². The van der Waals surface area contributed by atoms with Crippen molar-refractivity contribution in [3.63, 3.8) is 0 Å². The second-order valence-corrected chi connectivity index (χ2v) is 4.88. The van der Waals surface area contributed by atoms with Gasteiger partial charge in [-0.1, -0.05) is 40.5 Å². The summed E-state index contributed by atoms with van der Waals surface area (Å²) >= 11 is 0. The predicted molar refractivity (Wildman–Crippen MR) is 76.5 cm³/mol. The van der Waals surface area contributed by atoms with E-state index in [0.29, 0.717) is 12.1 Å². The number of nitrogens with one attached hydrogen (secondary N) is 1. The van der Waals surface area contributed by atoms with Crippen LogP contribution in [0.3, 0.4) is 0 Å². The summed E-state index contributed by atoms with van der Waals surface area (Å²) in [4.78, 5) is 0. The zero-order chi connectivity index (χ0) is 13.1. The van der Waals surface area contributed by atoms with Crippen molar-refractivity contribution in [2.75, 3.05) is 13.2 Å². The van der Waals surface area contributed by atoms with E-state index in [0.717, 1.165) is 25.5 Å². The summed E-state index contributed by atoms with van der Waals surface area (Å²) in [6.45, 7) is 13.1. The van der Waals surface area contributed by atoms with Gasteiger partial charge in [0.05, 0.1) is 6.10 Å². The van der Waals surface area contributed by atoms with E-state index >= 15 is 0 Å². The lowest BCUT2D eigenvalue weighted by molar-refractivity contribution is 0.0249. The number of ether oxygens (including phenoxy) is 1. The third kappa shape index (κ3) is 7.05. The molecule has 0 aromatic heterocycles. The van der Waals surface area contributed by atoms with Crippen molar-refractivity contribution in [3.8, 4) is 0 Å². The van der Waals surface area contributed by atoms with Crippen LogP contribution in [0.2, 0.25) is 0 Å². The van der Waals surface area contributed by atoms with Gasteiger partial charge < -0.3 is 10.1 Å². The zero-order valence-corrected chi connectivity index (χ0v) is 12.6. The summed E-state index contributed by atoms with van der Waals surface area (Å²) in [6.07, 6.45) is 6.50. The van der Waals surface area contributed by atoms with Crippen molar-refractivity contribution in [3.05, 3.63) is 0 Å². The normalized spacial score (nSPS) is 15.2. The molecular weight excluding hydrogens is 210 g/mol. The van der Waals surface area contributed by atoms with E-state index in [2.05, 4.69) is 39.9 Å². The summed E-state index contributed by atoms with van der Waals surface area (Å²) in [6, 6.07) is 0.532. The molecule has 0 bridgehead atoms. The van der Waals surface area contributed by atoms with Crippen molar-refractivity contribution in [2.45, 2.75) is 78.9 Å². The summed E-state index contributed by atoms with van der Waals surface area (Å²) in [7, 11) is 0. The van der Waals surface area contributed by atoms with E-state index in [1.165, 1.54) is 25.7 Å². The first kappa shape index (κ1) is 16.9. The van der Waals surface area contributed by atoms with Gasteiger partial charge in [-0.25, -0.2) is 0 Å². The maximum Gasteiger partial charge on any atom is 0.0725 e. The number of hydrogen-bond acceptors (Lipinski definition) is 2. The lowest BCUT2D eigenvalue weighted by Crippen LogP contribution is -2.42. The predicted octanol–water partition coefficient (Wildman–Crippen LogP) is 4.00. The highest BCUT2D eigenvalue weighted by atomic mass is 16.5. The van der Waals surface area contributed by atoms with Gasteiger partial charge in [-0.2, -0.15) is 0 Å². The summed E-state index contributed by atoms with van der Waals surface area (Å²) < 4.78 is 5.88. The van der Waals surface area contributed by atoms with E-state index in [4.69, 9.17) is 4.74 Å². The molecule has 0 saturated heterocycles. The Morgan fingerprint density at radius 2 is 1.59 bits per heavy atom. The van der Waals surface area contributed by atoms with Gasteiger partial charge in [-0.15, -0.1) is 0 Å². The lowest BCUT2D eigenvalue weighted by Gasteiger charge is -2.30. The SMILES string of the molecule is CCCNC(CC(CC)CC)C(CC)OCC. The van der Waals surface area contributed by atoms with Crippen LogP contribution in [0.25, 0.3) is 0 Å². The highest BCUT2D eigenvalue weighted by Gasteiger charge is 2.22. The summed E-state index contributed by atoms with van der Waals surface area (Å²) in [5, 5.41) is 3.68. The first-order chi connectivity index (χ1) is 8.23. The number of hydrogen-bond donors (Lipinski definition) is 1. The molecule has 0 aromatic carbocycles. The van der Waals surface area contributed by atoms with Gasteiger partial charge in [0.25, 0.3) is 0 Å². The molecule has 2 heteroatoms. The molecule has 2 unspecified atom stereocenters. The van der Waals surface area contributed by atoms with Gasteiger partial charge in [0.2, 0.25) is 0 Å². The van der Waals surface area contributed by atoms with Crippen LogP contribution in [0.4, 0.5) is 0 Å². The molecule has 0 rings (SSSR count). The molecule has 2 nitrogen and oxygen atoms in total. The Bertz CT molecular complexity index is 157. The van der Waals surface area contributed by atoms with Crippen LogP contribution in [-0.4, -0.2) is 25.3 Å². The zero-order valence-electron chi connectivity index (χ0n) is 12.6. The molecule has 0 aromatic rings. The van der Waals surface area contributed by atoms with E-state index in [1.807, 2.05) is 0 Å². The highest BCUT2D eigenvalue weighted by Crippen LogP contribution is 2.19. The van der Waals surface area contributed by atoms with Crippen molar-refractivity contribution < 1.29 is 4.74 Å². The Balaban J connectivity index is 4.36. The Morgan fingerprint density at radius 3 is 2.00 bits per heavy atom. The van der Waals surface area contributed by atoms with E-state index in [9.17, 15) is 0 Å². The fraction of sp³-hybridized carbons (Fsp3) is 1.00. The van der Waals surface area contributed by atoms with Crippen molar-refractivity contribution in [2.24, 2.45) is 5.92 Å². The smallest absolute Gasteiger partial charge is 0.0725 e. The number of rotatable bonds is 11. The quantitative estimate of drug-likeness (QED) is 0.592. The third-order valence-electron chi connectivity index (χ3n) is 3.63. The van der Waals surface area contributed by atoms with Gasteiger partial charge in [0, 0.05) is 12.6 Å². The molecule has 17 heavy (non-hydrogen) atoms. The fourth-order valence-electron chi connectivity index (χ4n) is 2.41. The Morgan fingerprint density at radius 1 is 0.941 bits per heavy atom. The molecule has 0 aliphatic rings. The van der Waals surface area contributed by atoms with Crippen LogP contribution in [0.15, 0.2) is 0 Å². The van der Waals surface area contributed by atoms with Crippen molar-refractivity contribution in [1.82, 2.24) is 5.32 Å². The minimum Gasteiger partial charge on any atom is -0.377 e. The van der Waals surface area contributed by atoms with Gasteiger partial charge in [0.1, 0.15) is 0 Å². The molecule has 0 heterocycles. The van der Waals surface area contributed by atoms with Crippen LogP contribution < -0.4 is 5.32 Å². The monoisotopic (exact) mass is 243 g/mol. The maximum atomic E-state index is 5.88. The second-order valence-electron chi connectivity index (χ2n) is 4.88. The minimum absolute atomic E-state index is 0.382. The molecule has 1 N–H and O–H groups in total. The molecule has 0 aliphatic carbocycles. The standard InChI is InChI=1S/C15H33NO/c1-6-11-16-14(12-13(7-2)8-3)15(9-4)17-10-5/h13-16H,6-12H2,1-5H3. The van der Waals surface area contributed by atoms with Crippen LogP contribution in [0.1, 0.15) is 66.7 Å². The average molecular weight is 243 g/mol. The Labute approximate surface area is 109 Å². The lowest BCUT2D eigenvalue weighted by atomic mass is 9.91. The molecular formula is C15H33NO. The van der Waals surface area contributed by atoms with Gasteiger partial charge in [0.15, 0.2) is 0 Å².